The van der Waals surface area contributed by atoms with Crippen LogP contribution in [0, 0.1) is 0 Å². The van der Waals surface area contributed by atoms with Gasteiger partial charge in [-0.05, 0) is 13.0 Å². The number of fused-ring (bicyclic) bond motifs is 1. The van der Waals surface area contributed by atoms with Crippen LogP contribution in [0.25, 0.3) is 0 Å². The lowest BCUT2D eigenvalue weighted by atomic mass is 10.2. The van der Waals surface area contributed by atoms with E-state index in [2.05, 4.69) is 17.1 Å². The molecule has 1 saturated heterocycles. The first-order chi connectivity index (χ1) is 10.8. The van der Waals surface area contributed by atoms with Crippen LogP contribution in [0.1, 0.15) is 23.0 Å². The summed E-state index contributed by atoms with van der Waals surface area (Å²) in [6.45, 7) is 7.56. The van der Waals surface area contributed by atoms with Gasteiger partial charge in [-0.2, -0.15) is 0 Å². The standard InChI is InChI=1S/C15H22N2O4S/c1-2-17-5-6-19-11(9-17)3-4-16-15(18)14-13-12(10-22-14)20-7-8-21-13/h10-11H,2-9H2,1H3,(H,16,18). The van der Waals surface area contributed by atoms with Gasteiger partial charge in [0.05, 0.1) is 12.7 Å². The maximum atomic E-state index is 12.3. The van der Waals surface area contributed by atoms with E-state index in [0.29, 0.717) is 36.1 Å². The third kappa shape index (κ3) is 3.53. The topological polar surface area (TPSA) is 60.0 Å². The Hall–Kier alpha value is -1.31. The molecule has 2 aliphatic rings. The highest BCUT2D eigenvalue weighted by atomic mass is 32.1. The molecular formula is C15H22N2O4S. The van der Waals surface area contributed by atoms with Crippen molar-refractivity contribution in [2.24, 2.45) is 0 Å². The Labute approximate surface area is 134 Å². The quantitative estimate of drug-likeness (QED) is 0.885. The molecule has 1 aromatic heterocycles. The smallest absolute Gasteiger partial charge is 0.265 e. The summed E-state index contributed by atoms with van der Waals surface area (Å²) in [5.74, 6) is 1.16. The number of nitrogens with zero attached hydrogens (tertiary/aromatic N) is 1. The van der Waals surface area contributed by atoms with Crippen molar-refractivity contribution >= 4 is 17.2 Å². The van der Waals surface area contributed by atoms with Gasteiger partial charge < -0.3 is 19.5 Å². The number of carbonyl (C=O) groups excluding carboxylic acids is 1. The molecule has 2 aliphatic heterocycles. The van der Waals surface area contributed by atoms with Crippen LogP contribution in [-0.2, 0) is 4.74 Å². The van der Waals surface area contributed by atoms with Gasteiger partial charge in [-0.25, -0.2) is 0 Å². The Morgan fingerprint density at radius 1 is 1.41 bits per heavy atom. The minimum atomic E-state index is -0.0973. The van der Waals surface area contributed by atoms with Crippen molar-refractivity contribution in [2.45, 2.75) is 19.4 Å². The molecule has 1 fully saturated rings. The molecule has 0 radical (unpaired) electrons. The molecule has 122 valence electrons. The molecular weight excluding hydrogens is 304 g/mol. The fourth-order valence-electron chi connectivity index (χ4n) is 2.69. The van der Waals surface area contributed by atoms with Crippen LogP contribution in [-0.4, -0.2) is 62.9 Å². The van der Waals surface area contributed by atoms with E-state index in [1.807, 2.05) is 5.38 Å². The van der Waals surface area contributed by atoms with E-state index < -0.39 is 0 Å². The molecule has 0 aliphatic carbocycles. The first kappa shape index (κ1) is 15.6. The van der Waals surface area contributed by atoms with Gasteiger partial charge >= 0.3 is 0 Å². The van der Waals surface area contributed by atoms with Crippen LogP contribution in [0.3, 0.4) is 0 Å². The Bertz CT molecular complexity index is 520. The van der Waals surface area contributed by atoms with Crippen LogP contribution in [0.4, 0.5) is 0 Å². The Kier molecular flexibility index (Phi) is 5.17. The number of morpholine rings is 1. The highest BCUT2D eigenvalue weighted by Crippen LogP contribution is 2.39. The van der Waals surface area contributed by atoms with Gasteiger partial charge in [-0.3, -0.25) is 9.69 Å². The van der Waals surface area contributed by atoms with Gasteiger partial charge in [0.1, 0.15) is 18.1 Å². The molecule has 0 bridgehead atoms. The lowest BCUT2D eigenvalue weighted by Gasteiger charge is -2.32. The van der Waals surface area contributed by atoms with Crippen LogP contribution in [0.15, 0.2) is 5.38 Å². The van der Waals surface area contributed by atoms with E-state index in [0.717, 1.165) is 32.7 Å². The second-order valence-corrected chi connectivity index (χ2v) is 6.27. The summed E-state index contributed by atoms with van der Waals surface area (Å²) >= 11 is 1.36. The normalized spacial score (nSPS) is 21.6. The monoisotopic (exact) mass is 326 g/mol. The minimum Gasteiger partial charge on any atom is -0.485 e. The molecule has 1 aromatic rings. The molecule has 22 heavy (non-hydrogen) atoms. The summed E-state index contributed by atoms with van der Waals surface area (Å²) in [5.41, 5.74) is 0. The van der Waals surface area contributed by atoms with Crippen molar-refractivity contribution in [1.82, 2.24) is 10.2 Å². The molecule has 3 rings (SSSR count). The molecule has 1 atom stereocenters. The SMILES string of the molecule is CCN1CCOC(CCNC(=O)c2scc3c2OCCO3)C1. The van der Waals surface area contributed by atoms with Crippen molar-refractivity contribution in [3.63, 3.8) is 0 Å². The molecule has 3 heterocycles. The summed E-state index contributed by atoms with van der Waals surface area (Å²) in [5, 5.41) is 4.78. The van der Waals surface area contributed by atoms with Crippen molar-refractivity contribution in [1.29, 1.82) is 0 Å². The van der Waals surface area contributed by atoms with Crippen molar-refractivity contribution in [3.8, 4) is 11.5 Å². The summed E-state index contributed by atoms with van der Waals surface area (Å²) in [6, 6.07) is 0. The molecule has 0 spiro atoms. The average molecular weight is 326 g/mol. The first-order valence-electron chi connectivity index (χ1n) is 7.77. The number of rotatable bonds is 5. The van der Waals surface area contributed by atoms with E-state index in [4.69, 9.17) is 14.2 Å². The lowest BCUT2D eigenvalue weighted by Crippen LogP contribution is -2.43. The van der Waals surface area contributed by atoms with Crippen molar-refractivity contribution < 1.29 is 19.0 Å². The van der Waals surface area contributed by atoms with Crippen molar-refractivity contribution in [2.75, 3.05) is 46.0 Å². The van der Waals surface area contributed by atoms with Gasteiger partial charge in [0.15, 0.2) is 11.5 Å². The molecule has 1 N–H and O–H groups in total. The van der Waals surface area contributed by atoms with Crippen LogP contribution in [0.5, 0.6) is 11.5 Å². The van der Waals surface area contributed by atoms with Crippen LogP contribution in [0.2, 0.25) is 0 Å². The molecule has 1 amide bonds. The highest BCUT2D eigenvalue weighted by molar-refractivity contribution is 7.12. The number of likely N-dealkylation sites (N-methyl/N-ethyl adjacent to an activating group) is 1. The number of nitrogens with one attached hydrogen (secondary N) is 1. The number of carbonyl (C=O) groups is 1. The molecule has 7 heteroatoms. The fourth-order valence-corrected chi connectivity index (χ4v) is 3.53. The Morgan fingerprint density at radius 3 is 3.14 bits per heavy atom. The summed E-state index contributed by atoms with van der Waals surface area (Å²) in [4.78, 5) is 15.2. The van der Waals surface area contributed by atoms with Gasteiger partial charge in [0.2, 0.25) is 0 Å². The van der Waals surface area contributed by atoms with E-state index in [-0.39, 0.29) is 12.0 Å². The molecule has 6 nitrogen and oxygen atoms in total. The molecule has 0 aromatic carbocycles. The molecule has 1 unspecified atom stereocenters. The zero-order valence-corrected chi connectivity index (χ0v) is 13.6. The van der Waals surface area contributed by atoms with E-state index in [1.165, 1.54) is 11.3 Å². The maximum absolute atomic E-state index is 12.3. The van der Waals surface area contributed by atoms with E-state index >= 15 is 0 Å². The van der Waals surface area contributed by atoms with Gasteiger partial charge in [0.25, 0.3) is 5.91 Å². The number of ether oxygens (including phenoxy) is 3. The number of amides is 1. The first-order valence-corrected chi connectivity index (χ1v) is 8.65. The predicted molar refractivity (Wildman–Crippen MR) is 84.1 cm³/mol. The van der Waals surface area contributed by atoms with Gasteiger partial charge in [-0.1, -0.05) is 6.92 Å². The third-order valence-electron chi connectivity index (χ3n) is 3.93. The van der Waals surface area contributed by atoms with Crippen molar-refractivity contribution in [3.05, 3.63) is 10.3 Å². The third-order valence-corrected chi connectivity index (χ3v) is 4.87. The maximum Gasteiger partial charge on any atom is 0.265 e. The average Bonchev–Trinajstić information content (AvgIpc) is 2.99. The minimum absolute atomic E-state index is 0.0973. The Balaban J connectivity index is 1.47. The van der Waals surface area contributed by atoms with Gasteiger partial charge in [0, 0.05) is 25.0 Å². The van der Waals surface area contributed by atoms with E-state index in [1.54, 1.807) is 0 Å². The van der Waals surface area contributed by atoms with Gasteiger partial charge in [-0.15, -0.1) is 11.3 Å². The number of hydrogen-bond acceptors (Lipinski definition) is 6. The molecule has 0 saturated carbocycles. The predicted octanol–water partition coefficient (Wildman–Crippen LogP) is 1.36. The summed E-state index contributed by atoms with van der Waals surface area (Å²) in [6.07, 6.45) is 1.03. The lowest BCUT2D eigenvalue weighted by molar-refractivity contribution is -0.0296. The zero-order valence-electron chi connectivity index (χ0n) is 12.8. The fraction of sp³-hybridized carbons (Fsp3) is 0.667. The number of hydrogen-bond donors (Lipinski definition) is 1. The second-order valence-electron chi connectivity index (χ2n) is 5.39. The highest BCUT2D eigenvalue weighted by Gasteiger charge is 2.24. The summed E-state index contributed by atoms with van der Waals surface area (Å²) < 4.78 is 16.7. The zero-order chi connectivity index (χ0) is 15.4. The number of thiophene rings is 1. The Morgan fingerprint density at radius 2 is 2.27 bits per heavy atom. The summed E-state index contributed by atoms with van der Waals surface area (Å²) in [7, 11) is 0. The van der Waals surface area contributed by atoms with Crippen LogP contribution >= 0.6 is 11.3 Å². The second kappa shape index (κ2) is 7.30. The van der Waals surface area contributed by atoms with Crippen LogP contribution < -0.4 is 14.8 Å². The van der Waals surface area contributed by atoms with E-state index in [9.17, 15) is 4.79 Å². The largest absolute Gasteiger partial charge is 0.485 e.